The van der Waals surface area contributed by atoms with Gasteiger partial charge in [0.15, 0.2) is 0 Å². The number of primary amides is 1. The van der Waals surface area contributed by atoms with Crippen LogP contribution in [0.5, 0.6) is 0 Å². The molecule has 5 aromatic rings. The van der Waals surface area contributed by atoms with Gasteiger partial charge >= 0.3 is 0 Å². The van der Waals surface area contributed by atoms with E-state index >= 15 is 0 Å². The third-order valence-electron chi connectivity index (χ3n) is 6.01. The van der Waals surface area contributed by atoms with Gasteiger partial charge in [-0.05, 0) is 61.4 Å². The number of nitrogens with two attached hydrogens (primary N) is 2. The fourth-order valence-corrected chi connectivity index (χ4v) is 4.38. The lowest BCUT2D eigenvalue weighted by molar-refractivity contribution is 0.0949. The summed E-state index contributed by atoms with van der Waals surface area (Å²) in [6.45, 7) is 4.12. The number of anilines is 1. The van der Waals surface area contributed by atoms with Gasteiger partial charge in [0.1, 0.15) is 17.0 Å². The molecule has 5 N–H and O–H groups in total. The number of hydrogen-bond donors (Lipinski definition) is 3. The Morgan fingerprint density at radius 2 is 1.76 bits per heavy atom. The number of nitrogens with zero attached hydrogens (tertiary/aromatic N) is 2. The van der Waals surface area contributed by atoms with Crippen molar-refractivity contribution in [3.05, 3.63) is 69.9 Å². The van der Waals surface area contributed by atoms with Crippen molar-refractivity contribution in [3.8, 4) is 6.07 Å². The van der Waals surface area contributed by atoms with Gasteiger partial charge in [-0.25, -0.2) is 4.98 Å². The van der Waals surface area contributed by atoms with Gasteiger partial charge in [0.2, 0.25) is 5.91 Å². The molecule has 2 bridgehead atoms. The number of furan rings is 2. The van der Waals surface area contributed by atoms with Crippen LogP contribution in [0.2, 0.25) is 0 Å². The van der Waals surface area contributed by atoms with Crippen LogP contribution < -0.4 is 16.8 Å². The first kappa shape index (κ1) is 20.3. The highest BCUT2D eigenvalue weighted by Gasteiger charge is 2.22. The van der Waals surface area contributed by atoms with Gasteiger partial charge in [0, 0.05) is 39.3 Å². The highest BCUT2D eigenvalue weighted by molar-refractivity contribution is 6.26. The summed E-state index contributed by atoms with van der Waals surface area (Å²) in [5, 5.41) is 15.4. The molecular formula is C25H19N5O3. The zero-order valence-electron chi connectivity index (χ0n) is 17.9. The van der Waals surface area contributed by atoms with Crippen LogP contribution in [0.25, 0.3) is 32.7 Å². The minimum absolute atomic E-state index is 0.154. The van der Waals surface area contributed by atoms with E-state index < -0.39 is 5.91 Å². The predicted molar refractivity (Wildman–Crippen MR) is 125 cm³/mol. The second kappa shape index (κ2) is 7.21. The molecule has 2 amide bonds. The van der Waals surface area contributed by atoms with Crippen molar-refractivity contribution >= 4 is 50.3 Å². The lowest BCUT2D eigenvalue weighted by Crippen LogP contribution is -2.24. The van der Waals surface area contributed by atoms with Crippen LogP contribution in [0.15, 0.2) is 40.8 Å². The molecule has 3 heterocycles. The van der Waals surface area contributed by atoms with Crippen molar-refractivity contribution in [2.24, 2.45) is 5.73 Å². The Bertz CT molecular complexity index is 1640. The molecule has 0 atom stereocenters. The summed E-state index contributed by atoms with van der Waals surface area (Å²) in [7, 11) is 0. The van der Waals surface area contributed by atoms with E-state index in [1.165, 1.54) is 0 Å². The zero-order chi connectivity index (χ0) is 23.4. The molecule has 3 aromatic heterocycles. The van der Waals surface area contributed by atoms with Crippen LogP contribution in [0.1, 0.15) is 43.1 Å². The van der Waals surface area contributed by atoms with E-state index in [0.29, 0.717) is 39.9 Å². The number of rotatable bonds is 4. The molecule has 0 unspecified atom stereocenters. The molecule has 0 fully saturated rings. The third-order valence-corrected chi connectivity index (χ3v) is 6.01. The molecule has 0 saturated carbocycles. The molecule has 8 nitrogen and oxygen atoms in total. The van der Waals surface area contributed by atoms with E-state index in [1.807, 2.05) is 26.0 Å². The normalized spacial score (nSPS) is 11.3. The summed E-state index contributed by atoms with van der Waals surface area (Å²) in [4.78, 5) is 28.9. The Labute approximate surface area is 188 Å². The fraction of sp³-hybridized carbons (Fsp3) is 0.120. The van der Waals surface area contributed by atoms with Crippen LogP contribution in [0, 0.1) is 25.2 Å². The maximum absolute atomic E-state index is 12.9. The number of benzene rings is 3. The number of aryl methyl sites for hydroxylation is 2. The summed E-state index contributed by atoms with van der Waals surface area (Å²) in [6.07, 6.45) is 0. The quantitative estimate of drug-likeness (QED) is 0.365. The van der Waals surface area contributed by atoms with Crippen LogP contribution in [0.3, 0.4) is 0 Å². The topological polar surface area (TPSA) is 148 Å². The number of carbonyl (C=O) groups excluding carboxylic acids is 2. The van der Waals surface area contributed by atoms with Gasteiger partial charge in [0.25, 0.3) is 5.91 Å². The first-order valence-corrected chi connectivity index (χ1v) is 10.2. The SMILES string of the molecule is Cc1cc(N)nc(C)c1CNC(=O)c1ccc2c(c1)c1oc2c2cc(C(N)=O)c(C#N)cc21. The van der Waals surface area contributed by atoms with Crippen LogP contribution in [0.4, 0.5) is 5.82 Å². The lowest BCUT2D eigenvalue weighted by atomic mass is 9.97. The Kier molecular flexibility index (Phi) is 4.43. The average Bonchev–Trinajstić information content (AvgIpc) is 3.33. The van der Waals surface area contributed by atoms with E-state index in [4.69, 9.17) is 15.9 Å². The summed E-state index contributed by atoms with van der Waals surface area (Å²) in [5.74, 6) is -0.452. The van der Waals surface area contributed by atoms with Crippen molar-refractivity contribution in [2.75, 3.05) is 5.73 Å². The number of pyridine rings is 1. The Hall–Kier alpha value is -4.64. The number of aromatic nitrogens is 1. The fourth-order valence-electron chi connectivity index (χ4n) is 4.38. The maximum Gasteiger partial charge on any atom is 0.251 e. The smallest absolute Gasteiger partial charge is 0.251 e. The first-order valence-electron chi connectivity index (χ1n) is 10.2. The molecule has 0 saturated heterocycles. The number of amides is 2. The molecule has 0 spiro atoms. The third kappa shape index (κ3) is 3.10. The predicted octanol–water partition coefficient (Wildman–Crippen LogP) is 3.67. The molecule has 162 valence electrons. The zero-order valence-corrected chi connectivity index (χ0v) is 17.9. The first-order chi connectivity index (χ1) is 15.8. The highest BCUT2D eigenvalue weighted by Crippen LogP contribution is 2.42. The van der Waals surface area contributed by atoms with Gasteiger partial charge in [-0.1, -0.05) is 0 Å². The molecule has 8 heteroatoms. The highest BCUT2D eigenvalue weighted by atomic mass is 16.3. The van der Waals surface area contributed by atoms with Crippen LogP contribution >= 0.6 is 0 Å². The van der Waals surface area contributed by atoms with Crippen LogP contribution in [-0.4, -0.2) is 16.8 Å². The number of nitrogen functional groups attached to an aromatic ring is 1. The summed E-state index contributed by atoms with van der Waals surface area (Å²) < 4.78 is 5.97. The Morgan fingerprint density at radius 3 is 2.45 bits per heavy atom. The van der Waals surface area contributed by atoms with Crippen molar-refractivity contribution in [2.45, 2.75) is 20.4 Å². The number of nitriles is 1. The molecule has 0 aliphatic heterocycles. The number of carbonyl (C=O) groups is 2. The van der Waals surface area contributed by atoms with Gasteiger partial charge in [-0.15, -0.1) is 0 Å². The minimum atomic E-state index is -0.670. The monoisotopic (exact) mass is 437 g/mol. The van der Waals surface area contributed by atoms with Gasteiger partial charge in [-0.3, -0.25) is 9.59 Å². The van der Waals surface area contributed by atoms with Gasteiger partial charge in [-0.2, -0.15) is 5.26 Å². The minimum Gasteiger partial charge on any atom is -0.455 e. The number of nitrogens with one attached hydrogen (secondary N) is 1. The van der Waals surface area contributed by atoms with E-state index in [0.717, 1.165) is 27.6 Å². The molecule has 0 radical (unpaired) electrons. The Balaban J connectivity index is 1.52. The maximum atomic E-state index is 12.9. The summed E-state index contributed by atoms with van der Waals surface area (Å²) in [5.41, 5.74) is 15.8. The van der Waals surface area contributed by atoms with Crippen molar-refractivity contribution in [3.63, 3.8) is 0 Å². The molecule has 5 rings (SSSR count). The molecule has 2 aromatic carbocycles. The van der Waals surface area contributed by atoms with Crippen molar-refractivity contribution in [1.29, 1.82) is 5.26 Å². The molecular weight excluding hydrogens is 418 g/mol. The van der Waals surface area contributed by atoms with E-state index in [-0.39, 0.29) is 17.0 Å². The standard InChI is InChI=1S/C25H19N5O3/c1-11-5-21(27)30-12(2)20(11)10-29-25(32)13-3-4-15-17(6-13)23-18-7-14(9-26)16(24(28)31)8-19(18)22(15)33-23/h3-8H,10H2,1-2H3,(H2,27,30)(H2,28,31)(H,29,32). The average molecular weight is 437 g/mol. The summed E-state index contributed by atoms with van der Waals surface area (Å²) >= 11 is 0. The molecule has 33 heavy (non-hydrogen) atoms. The van der Waals surface area contributed by atoms with Crippen molar-refractivity contribution in [1.82, 2.24) is 10.3 Å². The number of fused-ring (bicyclic) bond motifs is 8. The second-order valence-corrected chi connectivity index (χ2v) is 8.05. The molecule has 0 aliphatic rings. The largest absolute Gasteiger partial charge is 0.455 e. The number of hydrogen-bond acceptors (Lipinski definition) is 6. The Morgan fingerprint density at radius 1 is 1.06 bits per heavy atom. The second-order valence-electron chi connectivity index (χ2n) is 8.05. The van der Waals surface area contributed by atoms with E-state index in [9.17, 15) is 14.9 Å². The lowest BCUT2D eigenvalue weighted by Gasteiger charge is -2.11. The summed E-state index contributed by atoms with van der Waals surface area (Å²) in [6, 6.07) is 12.3. The van der Waals surface area contributed by atoms with Crippen molar-refractivity contribution < 1.29 is 14.0 Å². The van der Waals surface area contributed by atoms with E-state index in [1.54, 1.807) is 30.3 Å². The van der Waals surface area contributed by atoms with Gasteiger partial charge < -0.3 is 21.2 Å². The molecule has 0 aliphatic carbocycles. The van der Waals surface area contributed by atoms with Crippen LogP contribution in [-0.2, 0) is 6.54 Å². The van der Waals surface area contributed by atoms with E-state index in [2.05, 4.69) is 10.3 Å². The van der Waals surface area contributed by atoms with Gasteiger partial charge in [0.05, 0.1) is 17.2 Å².